The SMILES string of the molecule is CC(C)=CCN(c1ccc(OCc2ccccc2)cc1)C1CCCN(C(=O)[C@H](CC(C)C)NC(=O)N2CCCCCC2)C1. The molecule has 2 fully saturated rings. The van der Waals surface area contributed by atoms with Gasteiger partial charge in [0.1, 0.15) is 18.4 Å². The lowest BCUT2D eigenvalue weighted by molar-refractivity contribution is -0.134. The number of nitrogens with zero attached hydrogens (tertiary/aromatic N) is 3. The van der Waals surface area contributed by atoms with E-state index in [9.17, 15) is 9.59 Å². The van der Waals surface area contributed by atoms with Crippen LogP contribution < -0.4 is 15.0 Å². The van der Waals surface area contributed by atoms with Crippen molar-refractivity contribution in [3.8, 4) is 5.75 Å². The summed E-state index contributed by atoms with van der Waals surface area (Å²) >= 11 is 0. The monoisotopic (exact) mass is 588 g/mol. The van der Waals surface area contributed by atoms with E-state index in [1.54, 1.807) is 0 Å². The predicted octanol–water partition coefficient (Wildman–Crippen LogP) is 7.03. The Morgan fingerprint density at radius 1 is 0.930 bits per heavy atom. The van der Waals surface area contributed by atoms with Crippen molar-refractivity contribution in [3.05, 3.63) is 71.8 Å². The third-order valence-corrected chi connectivity index (χ3v) is 8.46. The molecule has 43 heavy (non-hydrogen) atoms. The van der Waals surface area contributed by atoms with Gasteiger partial charge in [-0.15, -0.1) is 0 Å². The zero-order chi connectivity index (χ0) is 30.6. The maximum atomic E-state index is 14.0. The van der Waals surface area contributed by atoms with Crippen molar-refractivity contribution in [1.82, 2.24) is 15.1 Å². The molecule has 0 aromatic heterocycles. The summed E-state index contributed by atoms with van der Waals surface area (Å²) in [5, 5.41) is 3.15. The van der Waals surface area contributed by atoms with Crippen molar-refractivity contribution >= 4 is 17.6 Å². The lowest BCUT2D eigenvalue weighted by atomic mass is 9.99. The minimum Gasteiger partial charge on any atom is -0.489 e. The molecule has 7 heteroatoms. The maximum absolute atomic E-state index is 14.0. The molecule has 7 nitrogen and oxygen atoms in total. The normalized spacial score (nSPS) is 18.0. The summed E-state index contributed by atoms with van der Waals surface area (Å²) in [5.41, 5.74) is 3.53. The number of likely N-dealkylation sites (tertiary alicyclic amines) is 2. The van der Waals surface area contributed by atoms with E-state index >= 15 is 0 Å². The van der Waals surface area contributed by atoms with Crippen LogP contribution in [0.15, 0.2) is 66.2 Å². The highest BCUT2D eigenvalue weighted by atomic mass is 16.5. The van der Waals surface area contributed by atoms with Gasteiger partial charge in [0.25, 0.3) is 0 Å². The van der Waals surface area contributed by atoms with E-state index in [2.05, 4.69) is 68.3 Å². The molecule has 0 aliphatic carbocycles. The average Bonchev–Trinajstić information content (AvgIpc) is 3.30. The van der Waals surface area contributed by atoms with Crippen molar-refractivity contribution in [2.75, 3.05) is 37.6 Å². The first kappa shape index (κ1) is 32.4. The molecule has 0 spiro atoms. The highest BCUT2D eigenvalue weighted by Crippen LogP contribution is 2.27. The molecule has 1 unspecified atom stereocenters. The second kappa shape index (κ2) is 16.4. The molecule has 3 amide bonds. The molecule has 2 saturated heterocycles. The Hall–Kier alpha value is -3.48. The standard InChI is InChI=1S/C36H52N4O3/c1-28(2)20-24-40(31-16-18-33(19-17-31)43-27-30-13-8-7-9-14-30)32-15-12-23-39(26-32)35(41)34(25-29(3)4)37-36(42)38-21-10-5-6-11-22-38/h7-9,13-14,16-20,29,32,34H,5-6,10-12,15,21-27H2,1-4H3,(H,37,42)/t32?,34-/m0/s1. The van der Waals surface area contributed by atoms with Gasteiger partial charge < -0.3 is 24.8 Å². The number of rotatable bonds is 11. The molecule has 234 valence electrons. The summed E-state index contributed by atoms with van der Waals surface area (Å²) < 4.78 is 6.04. The zero-order valence-corrected chi connectivity index (χ0v) is 26.8. The summed E-state index contributed by atoms with van der Waals surface area (Å²) in [5.74, 6) is 1.19. The lowest BCUT2D eigenvalue weighted by Crippen LogP contribution is -2.57. The van der Waals surface area contributed by atoms with Crippen LogP contribution in [0, 0.1) is 5.92 Å². The van der Waals surface area contributed by atoms with Crippen molar-refractivity contribution in [2.24, 2.45) is 5.92 Å². The van der Waals surface area contributed by atoms with Crippen LogP contribution in [0.1, 0.15) is 78.2 Å². The topological polar surface area (TPSA) is 65.1 Å². The highest BCUT2D eigenvalue weighted by molar-refractivity contribution is 5.87. The number of anilines is 1. The fourth-order valence-electron chi connectivity index (χ4n) is 6.06. The Kier molecular flexibility index (Phi) is 12.4. The van der Waals surface area contributed by atoms with Crippen LogP contribution in [-0.2, 0) is 11.4 Å². The van der Waals surface area contributed by atoms with E-state index in [-0.39, 0.29) is 18.0 Å². The first-order chi connectivity index (χ1) is 20.8. The Bertz CT molecular complexity index is 1170. The van der Waals surface area contributed by atoms with Gasteiger partial charge in [-0.2, -0.15) is 0 Å². The molecule has 1 N–H and O–H groups in total. The number of urea groups is 1. The van der Waals surface area contributed by atoms with Gasteiger partial charge in [0, 0.05) is 44.5 Å². The van der Waals surface area contributed by atoms with Crippen molar-refractivity contribution in [2.45, 2.75) is 91.3 Å². The number of hydrogen-bond acceptors (Lipinski definition) is 4. The summed E-state index contributed by atoms with van der Waals surface area (Å²) in [6.45, 7) is 12.7. The smallest absolute Gasteiger partial charge is 0.318 e. The number of carbonyl (C=O) groups excluding carboxylic acids is 2. The van der Waals surface area contributed by atoms with E-state index < -0.39 is 6.04 Å². The number of amides is 3. The molecule has 0 radical (unpaired) electrons. The van der Waals surface area contributed by atoms with E-state index in [1.165, 1.54) is 18.4 Å². The zero-order valence-electron chi connectivity index (χ0n) is 26.8. The summed E-state index contributed by atoms with van der Waals surface area (Å²) in [6.07, 6.45) is 9.25. The van der Waals surface area contributed by atoms with Gasteiger partial charge in [-0.05, 0) is 81.7 Å². The van der Waals surface area contributed by atoms with Gasteiger partial charge in [0.2, 0.25) is 5.91 Å². The molecule has 2 atom stereocenters. The summed E-state index contributed by atoms with van der Waals surface area (Å²) in [4.78, 5) is 33.5. The maximum Gasteiger partial charge on any atom is 0.318 e. The first-order valence-corrected chi connectivity index (χ1v) is 16.3. The molecular formula is C36H52N4O3. The third-order valence-electron chi connectivity index (χ3n) is 8.46. The molecule has 2 aromatic rings. The summed E-state index contributed by atoms with van der Waals surface area (Å²) in [6, 6.07) is 18.1. The number of piperidine rings is 1. The van der Waals surface area contributed by atoms with Crippen molar-refractivity contribution in [3.63, 3.8) is 0 Å². The Labute approximate surface area is 259 Å². The molecule has 4 rings (SSSR count). The quantitative estimate of drug-likeness (QED) is 0.286. The number of ether oxygens (including phenoxy) is 1. The molecule has 0 bridgehead atoms. The predicted molar refractivity (Wildman–Crippen MR) is 175 cm³/mol. The number of allylic oxidation sites excluding steroid dienone is 1. The van der Waals surface area contributed by atoms with Gasteiger partial charge >= 0.3 is 6.03 Å². The van der Waals surface area contributed by atoms with Gasteiger partial charge in [0.15, 0.2) is 0 Å². The first-order valence-electron chi connectivity index (χ1n) is 16.3. The van der Waals surface area contributed by atoms with Crippen molar-refractivity contribution in [1.29, 1.82) is 0 Å². The fourth-order valence-corrected chi connectivity index (χ4v) is 6.06. The van der Waals surface area contributed by atoms with E-state index in [4.69, 9.17) is 4.74 Å². The number of carbonyl (C=O) groups is 2. The highest BCUT2D eigenvalue weighted by Gasteiger charge is 2.33. The number of hydrogen-bond donors (Lipinski definition) is 1. The minimum atomic E-state index is -0.498. The Morgan fingerprint density at radius 2 is 1.60 bits per heavy atom. The van der Waals surface area contributed by atoms with Crippen LogP contribution in [0.2, 0.25) is 0 Å². The van der Waals surface area contributed by atoms with Gasteiger partial charge in [-0.25, -0.2) is 4.79 Å². The second-order valence-corrected chi connectivity index (χ2v) is 12.8. The number of benzene rings is 2. The van der Waals surface area contributed by atoms with E-state index in [0.717, 1.165) is 68.9 Å². The van der Waals surface area contributed by atoms with E-state index in [1.807, 2.05) is 40.1 Å². The second-order valence-electron chi connectivity index (χ2n) is 12.8. The van der Waals surface area contributed by atoms with Crippen LogP contribution in [0.5, 0.6) is 5.75 Å². The van der Waals surface area contributed by atoms with Crippen LogP contribution in [0.3, 0.4) is 0 Å². The largest absolute Gasteiger partial charge is 0.489 e. The molecule has 2 aliphatic heterocycles. The van der Waals surface area contributed by atoms with Crippen LogP contribution in [0.25, 0.3) is 0 Å². The van der Waals surface area contributed by atoms with Crippen molar-refractivity contribution < 1.29 is 14.3 Å². The third kappa shape index (κ3) is 10.0. The lowest BCUT2D eigenvalue weighted by Gasteiger charge is -2.41. The van der Waals surface area contributed by atoms with Crippen LogP contribution in [-0.4, -0.2) is 66.5 Å². The Morgan fingerprint density at radius 3 is 2.26 bits per heavy atom. The van der Waals surface area contributed by atoms with Gasteiger partial charge in [-0.1, -0.05) is 68.7 Å². The number of nitrogens with one attached hydrogen (secondary N) is 1. The molecular weight excluding hydrogens is 536 g/mol. The minimum absolute atomic E-state index is 0.0494. The molecule has 2 heterocycles. The van der Waals surface area contributed by atoms with Gasteiger partial charge in [0.05, 0.1) is 0 Å². The average molecular weight is 589 g/mol. The molecule has 2 aliphatic rings. The van der Waals surface area contributed by atoms with E-state index in [0.29, 0.717) is 25.5 Å². The molecule has 2 aromatic carbocycles. The Balaban J connectivity index is 1.45. The summed E-state index contributed by atoms with van der Waals surface area (Å²) in [7, 11) is 0. The fraction of sp³-hybridized carbons (Fsp3) is 0.556. The van der Waals surface area contributed by atoms with Crippen LogP contribution in [0.4, 0.5) is 10.5 Å². The molecule has 0 saturated carbocycles. The van der Waals surface area contributed by atoms with Gasteiger partial charge in [-0.3, -0.25) is 4.79 Å². The van der Waals surface area contributed by atoms with Crippen LogP contribution >= 0.6 is 0 Å².